The lowest BCUT2D eigenvalue weighted by Crippen LogP contribution is -2.54. The highest BCUT2D eigenvalue weighted by atomic mass is 16.3. The van der Waals surface area contributed by atoms with Gasteiger partial charge in [0.2, 0.25) is 11.8 Å². The second kappa shape index (κ2) is 8.47. The van der Waals surface area contributed by atoms with Crippen LogP contribution in [0.5, 0.6) is 0 Å². The van der Waals surface area contributed by atoms with E-state index in [2.05, 4.69) is 21.7 Å². The zero-order valence-corrected chi connectivity index (χ0v) is 15.4. The second-order valence-corrected chi connectivity index (χ2v) is 7.73. The summed E-state index contributed by atoms with van der Waals surface area (Å²) in [6, 6.07) is 0.464. The number of nitrogens with zero attached hydrogens (tertiary/aromatic N) is 4. The molecule has 25 heavy (non-hydrogen) atoms. The number of hydrogen-bond donors (Lipinski definition) is 1. The highest BCUT2D eigenvalue weighted by Gasteiger charge is 2.34. The largest absolute Gasteiger partial charge is 0.387 e. The molecule has 0 aromatic heterocycles. The van der Waals surface area contributed by atoms with Gasteiger partial charge in [-0.15, -0.1) is 0 Å². The molecular formula is C18H32N4O3. The van der Waals surface area contributed by atoms with Gasteiger partial charge in [0.15, 0.2) is 0 Å². The monoisotopic (exact) mass is 352 g/mol. The van der Waals surface area contributed by atoms with Gasteiger partial charge in [-0.05, 0) is 39.3 Å². The predicted molar refractivity (Wildman–Crippen MR) is 95.1 cm³/mol. The molecule has 1 atom stereocenters. The quantitative estimate of drug-likeness (QED) is 0.739. The molecule has 7 heteroatoms. The number of amides is 2. The fourth-order valence-electron chi connectivity index (χ4n) is 4.41. The van der Waals surface area contributed by atoms with Gasteiger partial charge in [-0.3, -0.25) is 14.5 Å². The second-order valence-electron chi connectivity index (χ2n) is 7.73. The number of piperazine rings is 1. The fourth-order valence-corrected chi connectivity index (χ4v) is 4.41. The van der Waals surface area contributed by atoms with Crippen LogP contribution in [0.1, 0.15) is 25.7 Å². The molecule has 1 N–H and O–H groups in total. The van der Waals surface area contributed by atoms with Crippen LogP contribution in [-0.2, 0) is 9.59 Å². The van der Waals surface area contributed by atoms with Crippen LogP contribution in [0.4, 0.5) is 0 Å². The first-order valence-electron chi connectivity index (χ1n) is 9.68. The highest BCUT2D eigenvalue weighted by molar-refractivity contribution is 5.79. The van der Waals surface area contributed by atoms with Gasteiger partial charge in [0, 0.05) is 51.9 Å². The Balaban J connectivity index is 1.50. The first-order chi connectivity index (χ1) is 12.1. The Hall–Kier alpha value is -1.18. The molecule has 3 saturated heterocycles. The lowest BCUT2D eigenvalue weighted by Gasteiger charge is -2.43. The van der Waals surface area contributed by atoms with E-state index in [1.807, 2.05) is 0 Å². The summed E-state index contributed by atoms with van der Waals surface area (Å²) in [4.78, 5) is 33.0. The average molecular weight is 352 g/mol. The van der Waals surface area contributed by atoms with Gasteiger partial charge in [0.05, 0.1) is 5.92 Å². The lowest BCUT2D eigenvalue weighted by atomic mass is 9.92. The van der Waals surface area contributed by atoms with E-state index in [-0.39, 0.29) is 11.8 Å². The minimum atomic E-state index is -0.393. The van der Waals surface area contributed by atoms with Gasteiger partial charge < -0.3 is 19.8 Å². The number of hydrogen-bond acceptors (Lipinski definition) is 5. The topological polar surface area (TPSA) is 67.3 Å². The van der Waals surface area contributed by atoms with Crippen molar-refractivity contribution >= 4 is 11.8 Å². The van der Waals surface area contributed by atoms with Crippen LogP contribution < -0.4 is 0 Å². The van der Waals surface area contributed by atoms with E-state index in [4.69, 9.17) is 5.11 Å². The van der Waals surface area contributed by atoms with Crippen molar-refractivity contribution in [1.82, 2.24) is 19.6 Å². The van der Waals surface area contributed by atoms with E-state index in [1.165, 1.54) is 0 Å². The number of rotatable bonds is 3. The van der Waals surface area contributed by atoms with Crippen molar-refractivity contribution < 1.29 is 14.7 Å². The summed E-state index contributed by atoms with van der Waals surface area (Å²) in [7, 11) is 2.11. The van der Waals surface area contributed by atoms with Gasteiger partial charge in [-0.1, -0.05) is 0 Å². The summed E-state index contributed by atoms with van der Waals surface area (Å²) >= 11 is 0. The number of aliphatic hydroxyl groups excluding tert-OH is 1. The van der Waals surface area contributed by atoms with E-state index >= 15 is 0 Å². The van der Waals surface area contributed by atoms with Crippen molar-refractivity contribution in [2.45, 2.75) is 31.7 Å². The molecule has 2 amide bonds. The van der Waals surface area contributed by atoms with Crippen LogP contribution in [-0.4, -0.2) is 109 Å². The molecule has 0 radical (unpaired) electrons. The van der Waals surface area contributed by atoms with Crippen LogP contribution in [0.3, 0.4) is 0 Å². The molecule has 0 aromatic carbocycles. The Labute approximate surface area is 150 Å². The first-order valence-corrected chi connectivity index (χ1v) is 9.68. The summed E-state index contributed by atoms with van der Waals surface area (Å²) in [5, 5.41) is 8.99. The third kappa shape index (κ3) is 4.51. The molecule has 0 spiro atoms. The predicted octanol–water partition coefficient (Wildman–Crippen LogP) is -0.544. The van der Waals surface area contributed by atoms with Crippen molar-refractivity contribution in [2.24, 2.45) is 5.92 Å². The summed E-state index contributed by atoms with van der Waals surface area (Å²) in [5.74, 6) is 0.306. The van der Waals surface area contributed by atoms with Crippen LogP contribution in [0.2, 0.25) is 0 Å². The molecule has 3 aliphatic heterocycles. The molecule has 3 fully saturated rings. The Morgan fingerprint density at radius 1 is 0.920 bits per heavy atom. The van der Waals surface area contributed by atoms with Crippen LogP contribution >= 0.6 is 0 Å². The molecule has 142 valence electrons. The molecule has 0 aromatic rings. The van der Waals surface area contributed by atoms with Gasteiger partial charge in [-0.2, -0.15) is 0 Å². The summed E-state index contributed by atoms with van der Waals surface area (Å²) in [6.07, 6.45) is 3.98. The molecule has 3 heterocycles. The van der Waals surface area contributed by atoms with Gasteiger partial charge >= 0.3 is 0 Å². The average Bonchev–Trinajstić information content (AvgIpc) is 2.67. The molecule has 0 saturated carbocycles. The third-order valence-electron chi connectivity index (χ3n) is 6.09. The van der Waals surface area contributed by atoms with Crippen molar-refractivity contribution in [3.63, 3.8) is 0 Å². The number of carbonyl (C=O) groups excluding carboxylic acids is 2. The van der Waals surface area contributed by atoms with E-state index in [0.717, 1.165) is 78.0 Å². The maximum atomic E-state index is 12.9. The maximum Gasteiger partial charge on any atom is 0.248 e. The third-order valence-corrected chi connectivity index (χ3v) is 6.09. The van der Waals surface area contributed by atoms with E-state index in [0.29, 0.717) is 11.9 Å². The maximum absolute atomic E-state index is 12.9. The number of likely N-dealkylation sites (N-methyl/N-ethyl adjacent to an activating group) is 1. The van der Waals surface area contributed by atoms with Gasteiger partial charge in [0.1, 0.15) is 6.61 Å². The molecular weight excluding hydrogens is 320 g/mol. The van der Waals surface area contributed by atoms with Crippen molar-refractivity contribution in [2.75, 3.05) is 66.0 Å². The highest BCUT2D eigenvalue weighted by Crippen LogP contribution is 2.25. The summed E-state index contributed by atoms with van der Waals surface area (Å²) in [6.45, 7) is 6.63. The van der Waals surface area contributed by atoms with Crippen molar-refractivity contribution in [3.05, 3.63) is 0 Å². The fraction of sp³-hybridized carbons (Fsp3) is 0.889. The molecule has 1 unspecified atom stereocenters. The summed E-state index contributed by atoms with van der Waals surface area (Å²) < 4.78 is 0. The van der Waals surface area contributed by atoms with E-state index in [9.17, 15) is 9.59 Å². The van der Waals surface area contributed by atoms with Gasteiger partial charge in [-0.25, -0.2) is 0 Å². The molecule has 3 rings (SSSR count). The molecule has 3 aliphatic rings. The smallest absolute Gasteiger partial charge is 0.248 e. The van der Waals surface area contributed by atoms with Crippen LogP contribution in [0.15, 0.2) is 0 Å². The normalized spacial score (nSPS) is 27.5. The minimum Gasteiger partial charge on any atom is -0.387 e. The number of aliphatic hydroxyl groups is 1. The number of piperidine rings is 2. The zero-order valence-electron chi connectivity index (χ0n) is 15.4. The van der Waals surface area contributed by atoms with Crippen molar-refractivity contribution in [1.29, 1.82) is 0 Å². The number of carbonyl (C=O) groups is 2. The van der Waals surface area contributed by atoms with E-state index in [1.54, 1.807) is 4.90 Å². The zero-order chi connectivity index (χ0) is 17.8. The van der Waals surface area contributed by atoms with E-state index < -0.39 is 6.61 Å². The van der Waals surface area contributed by atoms with Crippen LogP contribution in [0.25, 0.3) is 0 Å². The SMILES string of the molecule is CN1CCN(C(=O)C2CCCN(C3CCN(C(=O)CO)CC3)C2)CC1. The molecule has 0 bridgehead atoms. The Morgan fingerprint density at radius 3 is 2.24 bits per heavy atom. The number of likely N-dealkylation sites (tertiary alicyclic amines) is 2. The molecule has 0 aliphatic carbocycles. The standard InChI is InChI=1S/C18H32N4O3/c1-19-9-11-21(12-10-19)18(25)15-3-2-6-22(13-15)16-4-7-20(8-5-16)17(24)14-23/h15-16,23H,2-14H2,1H3. The summed E-state index contributed by atoms with van der Waals surface area (Å²) in [5.41, 5.74) is 0. The Kier molecular flexibility index (Phi) is 6.30. The molecule has 7 nitrogen and oxygen atoms in total. The Morgan fingerprint density at radius 2 is 1.60 bits per heavy atom. The lowest BCUT2D eigenvalue weighted by molar-refractivity contribution is -0.139. The van der Waals surface area contributed by atoms with Crippen molar-refractivity contribution in [3.8, 4) is 0 Å². The van der Waals surface area contributed by atoms with Gasteiger partial charge in [0.25, 0.3) is 0 Å². The van der Waals surface area contributed by atoms with Crippen LogP contribution in [0, 0.1) is 5.92 Å². The first kappa shape index (κ1) is 18.6. The minimum absolute atomic E-state index is 0.134. The Bertz CT molecular complexity index is 471.